The summed E-state index contributed by atoms with van der Waals surface area (Å²) in [5.41, 5.74) is 4.73. The molecule has 1 fully saturated rings. The number of carbonyl (C=O) groups excluding carboxylic acids is 1. The molecule has 0 unspecified atom stereocenters. The second-order valence-electron chi connectivity index (χ2n) is 7.98. The van der Waals surface area contributed by atoms with Gasteiger partial charge in [0.15, 0.2) is 0 Å². The minimum atomic E-state index is -0.385. The minimum Gasteiger partial charge on any atom is -0.449 e. The van der Waals surface area contributed by atoms with E-state index in [0.717, 1.165) is 6.42 Å². The maximum Gasteiger partial charge on any atom is 0.407 e. The fourth-order valence-corrected chi connectivity index (χ4v) is 4.19. The van der Waals surface area contributed by atoms with Crippen molar-refractivity contribution in [3.05, 3.63) is 59.7 Å². The molecular weight excluding hydrogens is 326 g/mol. The van der Waals surface area contributed by atoms with Gasteiger partial charge in [0.05, 0.1) is 6.10 Å². The molecule has 2 aliphatic carbocycles. The maximum absolute atomic E-state index is 12.2. The monoisotopic (exact) mass is 351 g/mol. The molecule has 2 atom stereocenters. The minimum absolute atomic E-state index is 0.0788. The molecule has 4 nitrogen and oxygen atoms in total. The van der Waals surface area contributed by atoms with Gasteiger partial charge in [-0.25, -0.2) is 4.79 Å². The van der Waals surface area contributed by atoms with Crippen molar-refractivity contribution in [2.24, 2.45) is 11.3 Å². The number of fused-ring (bicyclic) bond motifs is 3. The largest absolute Gasteiger partial charge is 0.449 e. The number of amides is 1. The zero-order valence-electron chi connectivity index (χ0n) is 15.2. The van der Waals surface area contributed by atoms with Crippen LogP contribution in [-0.4, -0.2) is 30.5 Å². The van der Waals surface area contributed by atoms with Gasteiger partial charge >= 0.3 is 6.09 Å². The van der Waals surface area contributed by atoms with Crippen LogP contribution in [-0.2, 0) is 4.74 Å². The number of aliphatic hydroxyl groups is 1. The number of benzene rings is 2. The van der Waals surface area contributed by atoms with Crippen molar-refractivity contribution in [3.8, 4) is 11.1 Å². The van der Waals surface area contributed by atoms with Crippen LogP contribution in [0.3, 0.4) is 0 Å². The number of hydrogen-bond donors (Lipinski definition) is 2. The van der Waals surface area contributed by atoms with Gasteiger partial charge in [0.25, 0.3) is 0 Å². The molecule has 0 spiro atoms. The molecule has 1 saturated carbocycles. The molecule has 0 bridgehead atoms. The second-order valence-corrected chi connectivity index (χ2v) is 7.98. The fraction of sp³-hybridized carbons (Fsp3) is 0.409. The lowest BCUT2D eigenvalue weighted by Crippen LogP contribution is -2.53. The van der Waals surface area contributed by atoms with Gasteiger partial charge in [0, 0.05) is 12.5 Å². The Labute approximate surface area is 154 Å². The quantitative estimate of drug-likeness (QED) is 0.877. The van der Waals surface area contributed by atoms with Crippen molar-refractivity contribution < 1.29 is 14.6 Å². The molecule has 2 N–H and O–H groups in total. The standard InChI is InChI=1S/C22H25NO3/c1-22(2)14(11-20(22)24)12-23-21(25)26-13-19-17-9-5-3-7-15(17)16-8-4-6-10-18(16)19/h3-10,14,19-20,24H,11-13H2,1-2H3,(H,23,25)/t14-,20-/m0/s1. The normalized spacial score (nSPS) is 22.9. The third kappa shape index (κ3) is 2.78. The zero-order chi connectivity index (χ0) is 18.3. The maximum atomic E-state index is 12.2. The second kappa shape index (κ2) is 6.44. The molecule has 26 heavy (non-hydrogen) atoms. The van der Waals surface area contributed by atoms with Gasteiger partial charge in [-0.05, 0) is 40.0 Å². The molecule has 2 aromatic carbocycles. The highest BCUT2D eigenvalue weighted by atomic mass is 16.5. The van der Waals surface area contributed by atoms with Gasteiger partial charge < -0.3 is 15.2 Å². The SMILES string of the molecule is CC1(C)[C@H](CNC(=O)OCC2c3ccccc3-c3ccccc32)C[C@@H]1O. The van der Waals surface area contributed by atoms with Crippen LogP contribution in [0.4, 0.5) is 4.79 Å². The average Bonchev–Trinajstić information content (AvgIpc) is 2.97. The van der Waals surface area contributed by atoms with Crippen molar-refractivity contribution in [3.63, 3.8) is 0 Å². The molecule has 0 aliphatic heterocycles. The number of ether oxygens (including phenoxy) is 1. The van der Waals surface area contributed by atoms with Crippen molar-refractivity contribution in [2.75, 3.05) is 13.2 Å². The highest BCUT2D eigenvalue weighted by Gasteiger charge is 2.47. The van der Waals surface area contributed by atoms with E-state index in [0.29, 0.717) is 13.2 Å². The first kappa shape index (κ1) is 17.1. The molecule has 4 heteroatoms. The molecule has 1 amide bonds. The van der Waals surface area contributed by atoms with Crippen molar-refractivity contribution in [1.82, 2.24) is 5.32 Å². The van der Waals surface area contributed by atoms with E-state index in [1.165, 1.54) is 22.3 Å². The van der Waals surface area contributed by atoms with Crippen LogP contribution in [0, 0.1) is 11.3 Å². The molecule has 2 aromatic rings. The summed E-state index contributed by atoms with van der Waals surface area (Å²) in [6.07, 6.45) is 0.0669. The van der Waals surface area contributed by atoms with Gasteiger partial charge in [0.1, 0.15) is 6.61 Å². The van der Waals surface area contributed by atoms with Gasteiger partial charge in [-0.15, -0.1) is 0 Å². The van der Waals surface area contributed by atoms with Crippen molar-refractivity contribution >= 4 is 6.09 Å². The molecule has 0 radical (unpaired) electrons. The van der Waals surface area contributed by atoms with Gasteiger partial charge in [-0.3, -0.25) is 0 Å². The fourth-order valence-electron chi connectivity index (χ4n) is 4.19. The third-order valence-electron chi connectivity index (χ3n) is 6.26. The van der Waals surface area contributed by atoms with E-state index < -0.39 is 0 Å². The summed E-state index contributed by atoms with van der Waals surface area (Å²) in [5, 5.41) is 12.7. The number of nitrogens with one attached hydrogen (secondary N) is 1. The number of carbonyl (C=O) groups is 1. The lowest BCUT2D eigenvalue weighted by molar-refractivity contribution is -0.0960. The summed E-state index contributed by atoms with van der Waals surface area (Å²) in [4.78, 5) is 12.2. The highest BCUT2D eigenvalue weighted by Crippen LogP contribution is 2.46. The number of alkyl carbamates (subject to hydrolysis) is 1. The van der Waals surface area contributed by atoms with Crippen molar-refractivity contribution in [1.29, 1.82) is 0 Å². The predicted octanol–water partition coefficient (Wildman–Crippen LogP) is 3.93. The van der Waals surface area contributed by atoms with E-state index >= 15 is 0 Å². The van der Waals surface area contributed by atoms with Crippen molar-refractivity contribution in [2.45, 2.75) is 32.3 Å². The number of rotatable bonds is 4. The predicted molar refractivity (Wildman–Crippen MR) is 101 cm³/mol. The Morgan fingerprint density at radius 3 is 2.23 bits per heavy atom. The van der Waals surface area contributed by atoms with Crippen LogP contribution < -0.4 is 5.32 Å². The van der Waals surface area contributed by atoms with E-state index in [1.54, 1.807) is 0 Å². The molecular formula is C22H25NO3. The van der Waals surface area contributed by atoms with Crippen LogP contribution in [0.2, 0.25) is 0 Å². The van der Waals surface area contributed by atoms with E-state index in [4.69, 9.17) is 4.74 Å². The van der Waals surface area contributed by atoms with E-state index in [9.17, 15) is 9.90 Å². The Hall–Kier alpha value is -2.33. The summed E-state index contributed by atoms with van der Waals surface area (Å²) in [7, 11) is 0. The Balaban J connectivity index is 1.38. The molecule has 0 saturated heterocycles. The Morgan fingerprint density at radius 1 is 1.12 bits per heavy atom. The van der Waals surface area contributed by atoms with E-state index in [-0.39, 0.29) is 29.4 Å². The van der Waals surface area contributed by atoms with E-state index in [1.807, 2.05) is 38.1 Å². The molecule has 2 aliphatic rings. The summed E-state index contributed by atoms with van der Waals surface area (Å²) in [6, 6.07) is 16.6. The summed E-state index contributed by atoms with van der Waals surface area (Å²) in [6.45, 7) is 4.94. The van der Waals surface area contributed by atoms with Crippen LogP contribution in [0.1, 0.15) is 37.3 Å². The summed E-state index contributed by atoms with van der Waals surface area (Å²) < 4.78 is 5.54. The summed E-state index contributed by atoms with van der Waals surface area (Å²) >= 11 is 0. The lowest BCUT2D eigenvalue weighted by Gasteiger charge is -2.49. The first-order valence-electron chi connectivity index (χ1n) is 9.25. The first-order chi connectivity index (χ1) is 12.5. The topological polar surface area (TPSA) is 58.6 Å². The molecule has 136 valence electrons. The van der Waals surface area contributed by atoms with Crippen LogP contribution >= 0.6 is 0 Å². The van der Waals surface area contributed by atoms with Gasteiger partial charge in [-0.2, -0.15) is 0 Å². The van der Waals surface area contributed by atoms with Crippen LogP contribution in [0.5, 0.6) is 0 Å². The Bertz CT molecular complexity index is 784. The molecule has 4 rings (SSSR count). The smallest absolute Gasteiger partial charge is 0.407 e. The highest BCUT2D eigenvalue weighted by molar-refractivity contribution is 5.79. The third-order valence-corrected chi connectivity index (χ3v) is 6.26. The van der Waals surface area contributed by atoms with Gasteiger partial charge in [-0.1, -0.05) is 62.4 Å². The Morgan fingerprint density at radius 2 is 1.69 bits per heavy atom. The first-order valence-corrected chi connectivity index (χ1v) is 9.25. The van der Waals surface area contributed by atoms with Crippen LogP contribution in [0.25, 0.3) is 11.1 Å². The van der Waals surface area contributed by atoms with E-state index in [2.05, 4.69) is 29.6 Å². The number of aliphatic hydroxyl groups excluding tert-OH is 1. The summed E-state index contributed by atoms with van der Waals surface area (Å²) in [5.74, 6) is 0.369. The Kier molecular flexibility index (Phi) is 4.23. The van der Waals surface area contributed by atoms with Crippen LogP contribution in [0.15, 0.2) is 48.5 Å². The molecule has 0 heterocycles. The lowest BCUT2D eigenvalue weighted by atomic mass is 9.60. The average molecular weight is 351 g/mol. The number of hydrogen-bond acceptors (Lipinski definition) is 3. The van der Waals surface area contributed by atoms with Gasteiger partial charge in [0.2, 0.25) is 0 Å². The zero-order valence-corrected chi connectivity index (χ0v) is 15.2. The molecule has 0 aromatic heterocycles.